The second-order valence-corrected chi connectivity index (χ2v) is 8.92. The molecule has 2 aromatic heterocycles. The van der Waals surface area contributed by atoms with Crippen molar-refractivity contribution in [3.8, 4) is 11.4 Å². The van der Waals surface area contributed by atoms with Gasteiger partial charge in [-0.3, -0.25) is 4.79 Å². The van der Waals surface area contributed by atoms with Gasteiger partial charge in [-0.05, 0) is 51.0 Å². The van der Waals surface area contributed by atoms with Gasteiger partial charge in [0.15, 0.2) is 5.65 Å². The molecule has 3 aromatic rings. The molecule has 0 unspecified atom stereocenters. The molecule has 0 aliphatic carbocycles. The van der Waals surface area contributed by atoms with Crippen LogP contribution in [-0.2, 0) is 4.79 Å². The van der Waals surface area contributed by atoms with Gasteiger partial charge in [0, 0.05) is 43.5 Å². The summed E-state index contributed by atoms with van der Waals surface area (Å²) in [5.74, 6) is 0.557. The first-order valence-corrected chi connectivity index (χ1v) is 11.4. The number of aromatic amines is 1. The van der Waals surface area contributed by atoms with Crippen molar-refractivity contribution in [3.63, 3.8) is 0 Å². The van der Waals surface area contributed by atoms with E-state index in [1.165, 1.54) is 4.90 Å². The number of H-pyrrole nitrogens is 1. The van der Waals surface area contributed by atoms with Gasteiger partial charge in [-0.2, -0.15) is 0 Å². The molecule has 0 atom stereocenters. The number of hydrogen-bond acceptors (Lipinski definition) is 6. The Morgan fingerprint density at radius 1 is 1.31 bits per heavy atom. The van der Waals surface area contributed by atoms with Crippen LogP contribution in [0.1, 0.15) is 26.7 Å². The van der Waals surface area contributed by atoms with Crippen molar-refractivity contribution in [1.82, 2.24) is 19.9 Å². The normalized spacial score (nSPS) is 15.4. The Morgan fingerprint density at radius 3 is 2.62 bits per heavy atom. The third-order valence-corrected chi connectivity index (χ3v) is 6.45. The minimum Gasteiger partial charge on any atom is -0.379 e. The molecule has 4 N–H and O–H groups in total. The Bertz CT molecular complexity index is 1090. The molecule has 8 nitrogen and oxygen atoms in total. The Kier molecular flexibility index (Phi) is 6.64. The van der Waals surface area contributed by atoms with Crippen molar-refractivity contribution in [2.45, 2.75) is 38.8 Å². The number of imidazole rings is 1. The van der Waals surface area contributed by atoms with Gasteiger partial charge < -0.3 is 25.8 Å². The monoisotopic (exact) mass is 455 g/mol. The highest BCUT2D eigenvalue weighted by Gasteiger charge is 2.23. The first-order valence-electron chi connectivity index (χ1n) is 11.0. The van der Waals surface area contributed by atoms with Crippen molar-refractivity contribution < 1.29 is 4.79 Å². The van der Waals surface area contributed by atoms with Crippen LogP contribution in [0.15, 0.2) is 30.5 Å². The summed E-state index contributed by atoms with van der Waals surface area (Å²) < 4.78 is 0. The fourth-order valence-corrected chi connectivity index (χ4v) is 4.30. The first-order chi connectivity index (χ1) is 15.4. The van der Waals surface area contributed by atoms with E-state index in [9.17, 15) is 4.79 Å². The molecule has 0 saturated carbocycles. The van der Waals surface area contributed by atoms with Crippen LogP contribution >= 0.6 is 11.6 Å². The van der Waals surface area contributed by atoms with Crippen molar-refractivity contribution in [3.05, 3.63) is 35.5 Å². The minimum absolute atomic E-state index is 0.0273. The van der Waals surface area contributed by atoms with Crippen LogP contribution in [0.2, 0.25) is 5.02 Å². The zero-order valence-corrected chi connectivity index (χ0v) is 19.5. The highest BCUT2D eigenvalue weighted by molar-refractivity contribution is 6.34. The lowest BCUT2D eigenvalue weighted by Gasteiger charge is -2.35. The van der Waals surface area contributed by atoms with Crippen LogP contribution in [0, 0.1) is 0 Å². The van der Waals surface area contributed by atoms with Crippen molar-refractivity contribution in [2.24, 2.45) is 5.73 Å². The summed E-state index contributed by atoms with van der Waals surface area (Å²) in [7, 11) is 1.71. The van der Waals surface area contributed by atoms with Gasteiger partial charge in [0.25, 0.3) is 0 Å². The van der Waals surface area contributed by atoms with Gasteiger partial charge in [0.05, 0.1) is 23.5 Å². The maximum Gasteiger partial charge on any atom is 0.240 e. The van der Waals surface area contributed by atoms with E-state index in [2.05, 4.69) is 39.0 Å². The molecular formula is C23H30ClN7O. The number of nitrogens with one attached hydrogen (secondary N) is 2. The number of carbonyl (C=O) groups is 1. The maximum absolute atomic E-state index is 11.8. The summed E-state index contributed by atoms with van der Waals surface area (Å²) >= 11 is 6.52. The average Bonchev–Trinajstić information content (AvgIpc) is 3.25. The lowest BCUT2D eigenvalue weighted by molar-refractivity contribution is -0.117. The molecule has 1 amide bonds. The average molecular weight is 456 g/mol. The Hall–Kier alpha value is -2.68. The standard InChI is InChI=1S/C23H30ClN7O/c1-14(2)31-10-8-16(9-11-31)27-20-18(24)13-26-23-21(20)28-22(29-23)15-4-6-17(7-5-15)30(3)19(32)12-25/h4-7,13-14,16H,8-12,25H2,1-3H3,(H2,26,27,28,29). The number of rotatable bonds is 6. The van der Waals surface area contributed by atoms with Crippen LogP contribution in [0.5, 0.6) is 0 Å². The van der Waals surface area contributed by atoms with E-state index in [1.807, 2.05) is 24.3 Å². The topological polar surface area (TPSA) is 103 Å². The van der Waals surface area contributed by atoms with Crippen LogP contribution in [0.4, 0.5) is 11.4 Å². The molecule has 0 radical (unpaired) electrons. The lowest BCUT2D eigenvalue weighted by atomic mass is 10.0. The van der Waals surface area contributed by atoms with Gasteiger partial charge in [-0.1, -0.05) is 11.6 Å². The third-order valence-electron chi connectivity index (χ3n) is 6.16. The molecular weight excluding hydrogens is 426 g/mol. The van der Waals surface area contributed by atoms with Gasteiger partial charge in [-0.15, -0.1) is 0 Å². The molecule has 4 rings (SSSR count). The van der Waals surface area contributed by atoms with Gasteiger partial charge in [-0.25, -0.2) is 9.97 Å². The molecule has 1 fully saturated rings. The zero-order valence-electron chi connectivity index (χ0n) is 18.7. The highest BCUT2D eigenvalue weighted by Crippen LogP contribution is 2.32. The number of nitrogens with two attached hydrogens (primary N) is 1. The molecule has 3 heterocycles. The molecule has 32 heavy (non-hydrogen) atoms. The Morgan fingerprint density at radius 2 is 2.00 bits per heavy atom. The van der Waals surface area contributed by atoms with E-state index in [1.54, 1.807) is 13.2 Å². The number of hydrogen-bond donors (Lipinski definition) is 3. The van der Waals surface area contributed by atoms with E-state index in [0.29, 0.717) is 28.6 Å². The van der Waals surface area contributed by atoms with E-state index < -0.39 is 0 Å². The summed E-state index contributed by atoms with van der Waals surface area (Å²) in [6.07, 6.45) is 3.78. The molecule has 9 heteroatoms. The third kappa shape index (κ3) is 4.57. The summed E-state index contributed by atoms with van der Waals surface area (Å²) in [5, 5.41) is 4.21. The Labute approximate surface area is 193 Å². The number of anilines is 2. The van der Waals surface area contributed by atoms with E-state index in [0.717, 1.165) is 48.4 Å². The highest BCUT2D eigenvalue weighted by atomic mass is 35.5. The molecule has 1 saturated heterocycles. The van der Waals surface area contributed by atoms with Crippen molar-refractivity contribution >= 4 is 40.0 Å². The number of likely N-dealkylation sites (tertiary alicyclic amines) is 1. The predicted molar refractivity (Wildman–Crippen MR) is 130 cm³/mol. The number of pyridine rings is 1. The zero-order chi connectivity index (χ0) is 22.8. The number of amides is 1. The second kappa shape index (κ2) is 9.44. The summed E-state index contributed by atoms with van der Waals surface area (Å²) in [6.45, 7) is 6.60. The number of piperidine rings is 1. The molecule has 1 aromatic carbocycles. The Balaban J connectivity index is 1.56. The summed E-state index contributed by atoms with van der Waals surface area (Å²) in [4.78, 5) is 28.3. The fourth-order valence-electron chi connectivity index (χ4n) is 4.10. The van der Waals surface area contributed by atoms with Crippen molar-refractivity contribution in [1.29, 1.82) is 0 Å². The smallest absolute Gasteiger partial charge is 0.240 e. The first kappa shape index (κ1) is 22.5. The minimum atomic E-state index is -0.143. The largest absolute Gasteiger partial charge is 0.379 e. The number of aromatic nitrogens is 3. The molecule has 170 valence electrons. The summed E-state index contributed by atoms with van der Waals surface area (Å²) in [5.41, 5.74) is 9.40. The maximum atomic E-state index is 11.8. The van der Waals surface area contributed by atoms with Crippen LogP contribution in [-0.4, -0.2) is 64.5 Å². The molecule has 0 bridgehead atoms. The van der Waals surface area contributed by atoms with Gasteiger partial charge in [0.2, 0.25) is 5.91 Å². The number of halogens is 1. The summed E-state index contributed by atoms with van der Waals surface area (Å²) in [6, 6.07) is 8.51. The number of benzene rings is 1. The number of fused-ring (bicyclic) bond motifs is 1. The van der Waals surface area contributed by atoms with E-state index >= 15 is 0 Å². The second-order valence-electron chi connectivity index (χ2n) is 8.52. The van der Waals surface area contributed by atoms with E-state index in [-0.39, 0.29) is 12.5 Å². The molecule has 0 spiro atoms. The quantitative estimate of drug-likeness (QED) is 0.525. The van der Waals surface area contributed by atoms with Crippen LogP contribution in [0.25, 0.3) is 22.6 Å². The molecule has 1 aliphatic rings. The number of likely N-dealkylation sites (N-methyl/N-ethyl adjacent to an activating group) is 1. The number of carbonyl (C=O) groups excluding carboxylic acids is 1. The molecule has 1 aliphatic heterocycles. The van der Waals surface area contributed by atoms with Gasteiger partial charge >= 0.3 is 0 Å². The van der Waals surface area contributed by atoms with Crippen molar-refractivity contribution in [2.75, 3.05) is 36.9 Å². The van der Waals surface area contributed by atoms with E-state index in [4.69, 9.17) is 17.3 Å². The lowest BCUT2D eigenvalue weighted by Crippen LogP contribution is -2.42. The SMILES string of the molecule is CC(C)N1CCC(Nc2c(Cl)cnc3nc(-c4ccc(N(C)C(=O)CN)cc4)[nH]c23)CC1. The number of nitrogens with zero attached hydrogens (tertiary/aromatic N) is 4. The van der Waals surface area contributed by atoms with Crippen LogP contribution in [0.3, 0.4) is 0 Å². The predicted octanol–water partition coefficient (Wildman–Crippen LogP) is 3.48. The van der Waals surface area contributed by atoms with Crippen LogP contribution < -0.4 is 16.0 Å². The van der Waals surface area contributed by atoms with Gasteiger partial charge in [0.1, 0.15) is 11.3 Å². The fraction of sp³-hybridized carbons (Fsp3) is 0.435.